The van der Waals surface area contributed by atoms with Gasteiger partial charge in [-0.15, -0.1) is 0 Å². The molecule has 0 bridgehead atoms. The van der Waals surface area contributed by atoms with E-state index in [1.807, 2.05) is 42.5 Å². The maximum Gasteiger partial charge on any atom is 0.315 e. The molecule has 5 aromatic rings. The Hall–Kier alpha value is -4.92. The maximum absolute atomic E-state index is 13.0. The van der Waals surface area contributed by atoms with Crippen LogP contribution < -0.4 is 16.0 Å². The van der Waals surface area contributed by atoms with Gasteiger partial charge in [0.15, 0.2) is 29.0 Å². The Kier molecular flexibility index (Phi) is 11.3. The predicted octanol–water partition coefficient (Wildman–Crippen LogP) is 3.39. The summed E-state index contributed by atoms with van der Waals surface area (Å²) in [5.74, 6) is 1.16. The number of imidazole rings is 1. The molecule has 0 saturated carbocycles. The molecule has 4 atom stereocenters. The van der Waals surface area contributed by atoms with E-state index in [-0.39, 0.29) is 18.5 Å². The molecule has 2 fully saturated rings. The number of anilines is 1. The van der Waals surface area contributed by atoms with Crippen LogP contribution in [0, 0.1) is 5.92 Å². The molecule has 7 rings (SSSR count). The molecule has 4 heterocycles. The van der Waals surface area contributed by atoms with Crippen molar-refractivity contribution in [3.63, 3.8) is 0 Å². The van der Waals surface area contributed by atoms with E-state index in [1.165, 1.54) is 16.5 Å². The number of urea groups is 1. The Labute approximate surface area is 302 Å². The first-order valence-electron chi connectivity index (χ1n) is 17.9. The number of fused-ring (bicyclic) bond motifs is 1. The average Bonchev–Trinajstić information content (AvgIpc) is 3.74. The van der Waals surface area contributed by atoms with Crippen LogP contribution in [0.25, 0.3) is 11.2 Å². The van der Waals surface area contributed by atoms with Crippen molar-refractivity contribution >= 4 is 23.0 Å². The third kappa shape index (κ3) is 8.24. The van der Waals surface area contributed by atoms with Crippen molar-refractivity contribution in [3.8, 4) is 0 Å². The fourth-order valence-corrected chi connectivity index (χ4v) is 7.11. The number of aliphatic hydroxyl groups is 3. The Balaban J connectivity index is 1.05. The van der Waals surface area contributed by atoms with Crippen LogP contribution in [-0.2, 0) is 17.8 Å². The van der Waals surface area contributed by atoms with E-state index in [0.717, 1.165) is 43.6 Å². The Morgan fingerprint density at radius 2 is 1.52 bits per heavy atom. The lowest BCUT2D eigenvalue weighted by Crippen LogP contribution is -2.41. The van der Waals surface area contributed by atoms with Crippen molar-refractivity contribution in [2.45, 2.75) is 56.4 Å². The molecule has 3 aromatic carbocycles. The number of ether oxygens (including phenoxy) is 1. The summed E-state index contributed by atoms with van der Waals surface area (Å²) in [4.78, 5) is 29.5. The van der Waals surface area contributed by atoms with Crippen molar-refractivity contribution in [1.82, 2.24) is 35.1 Å². The van der Waals surface area contributed by atoms with Gasteiger partial charge in [-0.3, -0.25) is 9.47 Å². The SMILES string of the molecule is O=C(NCc1nc(NCC(c2ccccc2)c2ccccc2)c2ncn([C@@H]3O[C@H](CO)[C@@H](O)[C@@H]3O)c2n1)NCC1CCN(Cc2ccccc2)CC1. The number of aliphatic hydroxyl groups excluding tert-OH is 3. The van der Waals surface area contributed by atoms with E-state index < -0.39 is 31.1 Å². The van der Waals surface area contributed by atoms with Gasteiger partial charge in [0.05, 0.1) is 19.5 Å². The average molecular weight is 707 g/mol. The quantitative estimate of drug-likeness (QED) is 0.107. The highest BCUT2D eigenvalue weighted by Crippen LogP contribution is 2.33. The molecule has 0 radical (unpaired) electrons. The zero-order valence-electron chi connectivity index (χ0n) is 29.0. The van der Waals surface area contributed by atoms with E-state index in [0.29, 0.717) is 41.8 Å². The molecule has 52 heavy (non-hydrogen) atoms. The fourth-order valence-electron chi connectivity index (χ4n) is 7.11. The minimum absolute atomic E-state index is 0.00694. The van der Waals surface area contributed by atoms with Crippen LogP contribution >= 0.6 is 0 Å². The normalized spacial score (nSPS) is 21.1. The number of likely N-dealkylation sites (tertiary alicyclic amines) is 1. The maximum atomic E-state index is 13.0. The van der Waals surface area contributed by atoms with Crippen LogP contribution in [0.1, 0.15) is 47.5 Å². The van der Waals surface area contributed by atoms with Crippen LogP contribution in [-0.4, -0.2) is 96.9 Å². The van der Waals surface area contributed by atoms with Gasteiger partial charge >= 0.3 is 6.03 Å². The van der Waals surface area contributed by atoms with E-state index in [9.17, 15) is 20.1 Å². The van der Waals surface area contributed by atoms with Gasteiger partial charge in [0, 0.05) is 25.6 Å². The van der Waals surface area contributed by atoms with Crippen LogP contribution in [0.2, 0.25) is 0 Å². The Morgan fingerprint density at radius 3 is 2.15 bits per heavy atom. The van der Waals surface area contributed by atoms with Crippen molar-refractivity contribution in [2.24, 2.45) is 5.92 Å². The first kappa shape index (κ1) is 35.5. The molecule has 0 unspecified atom stereocenters. The topological polar surface area (TPSA) is 170 Å². The number of piperidine rings is 1. The second-order valence-corrected chi connectivity index (χ2v) is 13.6. The lowest BCUT2D eigenvalue weighted by atomic mass is 9.91. The van der Waals surface area contributed by atoms with Gasteiger partial charge in [-0.2, -0.15) is 0 Å². The fraction of sp³-hybridized carbons (Fsp3) is 0.385. The van der Waals surface area contributed by atoms with Gasteiger partial charge in [-0.05, 0) is 48.5 Å². The number of hydrogen-bond acceptors (Lipinski definition) is 10. The third-order valence-electron chi connectivity index (χ3n) is 10.1. The smallest absolute Gasteiger partial charge is 0.315 e. The Morgan fingerprint density at radius 1 is 0.865 bits per heavy atom. The zero-order valence-corrected chi connectivity index (χ0v) is 29.0. The molecule has 13 nitrogen and oxygen atoms in total. The molecule has 2 aliphatic heterocycles. The number of nitrogens with zero attached hydrogens (tertiary/aromatic N) is 5. The Bertz CT molecular complexity index is 1850. The van der Waals surface area contributed by atoms with Gasteiger partial charge in [-0.25, -0.2) is 19.7 Å². The van der Waals surface area contributed by atoms with Gasteiger partial charge in [0.2, 0.25) is 0 Å². The molecule has 0 spiro atoms. The highest BCUT2D eigenvalue weighted by atomic mass is 16.6. The number of aromatic nitrogens is 4. The largest absolute Gasteiger partial charge is 0.394 e. The number of amides is 2. The van der Waals surface area contributed by atoms with E-state index >= 15 is 0 Å². The summed E-state index contributed by atoms with van der Waals surface area (Å²) in [6, 6.07) is 30.6. The second kappa shape index (κ2) is 16.6. The van der Waals surface area contributed by atoms with E-state index in [1.54, 1.807) is 0 Å². The molecular formula is C39H46N8O5. The lowest BCUT2D eigenvalue weighted by molar-refractivity contribution is -0.0511. The molecule has 2 aliphatic rings. The molecule has 2 amide bonds. The van der Waals surface area contributed by atoms with Gasteiger partial charge in [-0.1, -0.05) is 91.0 Å². The molecule has 0 aliphatic carbocycles. The highest BCUT2D eigenvalue weighted by molar-refractivity contribution is 5.83. The molecule has 272 valence electrons. The molecule has 2 saturated heterocycles. The standard InChI is InChI=1S/C39H46N8O5/c48-24-31-34(49)35(50)38(52-31)47-25-43-33-36(40-21-30(28-12-6-2-7-13-28)29-14-8-3-9-15-29)44-32(45-37(33)47)22-42-39(51)41-20-26-16-18-46(19-17-26)23-27-10-4-1-5-11-27/h1-15,25-26,30-31,34-35,38,48-50H,16-24H2,(H,40,44,45)(H2,41,42,51)/t31-,34-,35+,38-/m1/s1. The summed E-state index contributed by atoms with van der Waals surface area (Å²) in [6.45, 7) is 3.56. The van der Waals surface area contributed by atoms with Crippen molar-refractivity contribution < 1.29 is 24.9 Å². The first-order valence-corrected chi connectivity index (χ1v) is 17.9. The second-order valence-electron chi connectivity index (χ2n) is 13.6. The monoisotopic (exact) mass is 706 g/mol. The number of hydrogen-bond donors (Lipinski definition) is 6. The van der Waals surface area contributed by atoms with Crippen LogP contribution in [0.4, 0.5) is 10.6 Å². The molecule has 6 N–H and O–H groups in total. The van der Waals surface area contributed by atoms with Crippen LogP contribution in [0.15, 0.2) is 97.3 Å². The number of benzene rings is 3. The summed E-state index contributed by atoms with van der Waals surface area (Å²) in [6.07, 6.45) is -1.10. The minimum Gasteiger partial charge on any atom is -0.394 e. The molecule has 13 heteroatoms. The van der Waals surface area contributed by atoms with E-state index in [2.05, 4.69) is 74.4 Å². The van der Waals surface area contributed by atoms with Gasteiger partial charge in [0.1, 0.15) is 18.3 Å². The van der Waals surface area contributed by atoms with Crippen molar-refractivity contribution in [3.05, 3.63) is 120 Å². The zero-order chi connectivity index (χ0) is 35.9. The van der Waals surface area contributed by atoms with Crippen LogP contribution in [0.3, 0.4) is 0 Å². The number of rotatable bonds is 13. The first-order chi connectivity index (χ1) is 25.5. The van der Waals surface area contributed by atoms with Gasteiger partial charge < -0.3 is 36.0 Å². The molecular weight excluding hydrogens is 660 g/mol. The van der Waals surface area contributed by atoms with Crippen molar-refractivity contribution in [2.75, 3.05) is 38.1 Å². The summed E-state index contributed by atoms with van der Waals surface area (Å²) < 4.78 is 7.35. The minimum atomic E-state index is -1.32. The third-order valence-corrected chi connectivity index (χ3v) is 10.1. The number of carbonyl (C=O) groups excluding carboxylic acids is 1. The summed E-state index contributed by atoms with van der Waals surface area (Å²) in [5.41, 5.74) is 4.35. The van der Waals surface area contributed by atoms with Crippen LogP contribution in [0.5, 0.6) is 0 Å². The number of carbonyl (C=O) groups is 1. The summed E-state index contributed by atoms with van der Waals surface area (Å²) in [7, 11) is 0. The summed E-state index contributed by atoms with van der Waals surface area (Å²) >= 11 is 0. The van der Waals surface area contributed by atoms with E-state index in [4.69, 9.17) is 14.7 Å². The lowest BCUT2D eigenvalue weighted by Gasteiger charge is -2.32. The predicted molar refractivity (Wildman–Crippen MR) is 196 cm³/mol. The van der Waals surface area contributed by atoms with Gasteiger partial charge in [0.25, 0.3) is 0 Å². The highest BCUT2D eigenvalue weighted by Gasteiger charge is 2.44. The summed E-state index contributed by atoms with van der Waals surface area (Å²) in [5, 5.41) is 40.4. The van der Waals surface area contributed by atoms with Crippen molar-refractivity contribution in [1.29, 1.82) is 0 Å². The molecule has 2 aromatic heterocycles. The number of nitrogens with one attached hydrogen (secondary N) is 3.